The van der Waals surface area contributed by atoms with Gasteiger partial charge in [-0.2, -0.15) is 0 Å². The van der Waals surface area contributed by atoms with Crippen molar-refractivity contribution in [3.63, 3.8) is 0 Å². The highest BCUT2D eigenvalue weighted by atomic mass is 32.1. The molecular formula is C13H13FN2O2S. The minimum Gasteiger partial charge on any atom is -0.389 e. The van der Waals surface area contributed by atoms with Crippen LogP contribution in [0.2, 0.25) is 0 Å². The Balaban J connectivity index is 2.52. The molecule has 0 saturated carbocycles. The molecule has 2 amide bonds. The van der Waals surface area contributed by atoms with Gasteiger partial charge < -0.3 is 5.73 Å². The van der Waals surface area contributed by atoms with Crippen molar-refractivity contribution in [2.75, 3.05) is 4.90 Å². The summed E-state index contributed by atoms with van der Waals surface area (Å²) in [6.45, 7) is 0. The third-order valence-electron chi connectivity index (χ3n) is 3.00. The first kappa shape index (κ1) is 13.6. The van der Waals surface area contributed by atoms with Crippen LogP contribution in [0.1, 0.15) is 31.2 Å². The Bertz CT molecular complexity index is 542. The van der Waals surface area contributed by atoms with E-state index in [1.807, 2.05) is 0 Å². The first-order chi connectivity index (χ1) is 9.00. The van der Waals surface area contributed by atoms with Gasteiger partial charge in [0.2, 0.25) is 11.8 Å². The molecule has 2 N–H and O–H groups in total. The standard InChI is InChI=1S/C13H13FN2O2S/c14-8-5-6-10(9(7-8)13(15)19)16-11(17)3-1-2-4-12(16)18/h5-7H,1-4H2,(H2,15,19). The predicted molar refractivity (Wildman–Crippen MR) is 73.2 cm³/mol. The first-order valence-corrected chi connectivity index (χ1v) is 6.36. The van der Waals surface area contributed by atoms with Crippen LogP contribution in [0, 0.1) is 5.82 Å². The molecule has 1 heterocycles. The van der Waals surface area contributed by atoms with E-state index in [4.69, 9.17) is 18.0 Å². The van der Waals surface area contributed by atoms with E-state index in [-0.39, 0.29) is 28.1 Å². The lowest BCUT2D eigenvalue weighted by atomic mass is 10.1. The van der Waals surface area contributed by atoms with Gasteiger partial charge in [0.1, 0.15) is 10.8 Å². The molecule has 2 rings (SSSR count). The maximum absolute atomic E-state index is 13.2. The number of carbonyl (C=O) groups excluding carboxylic acids is 2. The smallest absolute Gasteiger partial charge is 0.233 e. The maximum Gasteiger partial charge on any atom is 0.233 e. The Hall–Kier alpha value is -1.82. The van der Waals surface area contributed by atoms with Crippen molar-refractivity contribution in [2.24, 2.45) is 5.73 Å². The average molecular weight is 280 g/mol. The number of hydrogen-bond donors (Lipinski definition) is 1. The van der Waals surface area contributed by atoms with Crippen LogP contribution in [0.4, 0.5) is 10.1 Å². The van der Waals surface area contributed by atoms with Crippen LogP contribution in [-0.2, 0) is 9.59 Å². The number of halogens is 1. The number of benzene rings is 1. The summed E-state index contributed by atoms with van der Waals surface area (Å²) in [5.74, 6) is -1.11. The molecule has 1 saturated heterocycles. The minimum atomic E-state index is -0.513. The zero-order chi connectivity index (χ0) is 14.0. The Morgan fingerprint density at radius 3 is 2.32 bits per heavy atom. The Kier molecular flexibility index (Phi) is 3.90. The molecule has 100 valence electrons. The van der Waals surface area contributed by atoms with Crippen molar-refractivity contribution >= 4 is 34.7 Å². The predicted octanol–water partition coefficient (Wildman–Crippen LogP) is 1.89. The van der Waals surface area contributed by atoms with Gasteiger partial charge in [-0.1, -0.05) is 12.2 Å². The number of rotatable bonds is 2. The average Bonchev–Trinajstić information content (AvgIpc) is 2.51. The quantitative estimate of drug-likeness (QED) is 0.664. The van der Waals surface area contributed by atoms with Crippen molar-refractivity contribution in [2.45, 2.75) is 25.7 Å². The number of imide groups is 1. The van der Waals surface area contributed by atoms with Crippen molar-refractivity contribution in [3.05, 3.63) is 29.6 Å². The maximum atomic E-state index is 13.2. The molecule has 4 nitrogen and oxygen atoms in total. The van der Waals surface area contributed by atoms with Crippen LogP contribution in [0.25, 0.3) is 0 Å². The monoisotopic (exact) mass is 280 g/mol. The van der Waals surface area contributed by atoms with E-state index in [0.29, 0.717) is 25.7 Å². The summed E-state index contributed by atoms with van der Waals surface area (Å²) in [7, 11) is 0. The van der Waals surface area contributed by atoms with Gasteiger partial charge >= 0.3 is 0 Å². The second kappa shape index (κ2) is 5.44. The molecule has 1 aliphatic heterocycles. The highest BCUT2D eigenvalue weighted by Gasteiger charge is 2.28. The van der Waals surface area contributed by atoms with Gasteiger partial charge in [0.05, 0.1) is 5.69 Å². The van der Waals surface area contributed by atoms with Crippen LogP contribution < -0.4 is 10.6 Å². The molecule has 0 aliphatic carbocycles. The Labute approximate surface area is 115 Å². The molecule has 0 unspecified atom stereocenters. The molecule has 19 heavy (non-hydrogen) atoms. The van der Waals surface area contributed by atoms with Crippen LogP contribution in [0.15, 0.2) is 18.2 Å². The van der Waals surface area contributed by atoms with E-state index in [1.54, 1.807) is 0 Å². The summed E-state index contributed by atoms with van der Waals surface area (Å²) < 4.78 is 13.2. The third-order valence-corrected chi connectivity index (χ3v) is 3.21. The number of hydrogen-bond acceptors (Lipinski definition) is 3. The molecule has 0 atom stereocenters. The van der Waals surface area contributed by atoms with E-state index in [1.165, 1.54) is 12.1 Å². The highest BCUT2D eigenvalue weighted by Crippen LogP contribution is 2.26. The molecule has 1 fully saturated rings. The fourth-order valence-corrected chi connectivity index (χ4v) is 2.25. The lowest BCUT2D eigenvalue weighted by Gasteiger charge is -2.21. The van der Waals surface area contributed by atoms with Crippen LogP contribution in [0.5, 0.6) is 0 Å². The summed E-state index contributed by atoms with van der Waals surface area (Å²) in [4.78, 5) is 25.1. The van der Waals surface area contributed by atoms with Crippen LogP contribution in [0.3, 0.4) is 0 Å². The molecular weight excluding hydrogens is 267 g/mol. The lowest BCUT2D eigenvalue weighted by Crippen LogP contribution is -2.36. The molecule has 0 bridgehead atoms. The molecule has 0 radical (unpaired) electrons. The van der Waals surface area contributed by atoms with Crippen molar-refractivity contribution in [1.29, 1.82) is 0 Å². The van der Waals surface area contributed by atoms with Gasteiger partial charge in [-0.15, -0.1) is 0 Å². The summed E-state index contributed by atoms with van der Waals surface area (Å²) in [6, 6.07) is 3.69. The SMILES string of the molecule is NC(=S)c1cc(F)ccc1N1C(=O)CCCCC1=O. The minimum absolute atomic E-state index is 0.0423. The van der Waals surface area contributed by atoms with Crippen molar-refractivity contribution < 1.29 is 14.0 Å². The fourth-order valence-electron chi connectivity index (χ4n) is 2.08. The zero-order valence-electron chi connectivity index (χ0n) is 10.2. The third kappa shape index (κ3) is 2.78. The zero-order valence-corrected chi connectivity index (χ0v) is 11.0. The van der Waals surface area contributed by atoms with E-state index in [0.717, 1.165) is 11.0 Å². The number of thiocarbonyl (C=S) groups is 1. The van der Waals surface area contributed by atoms with Crippen molar-refractivity contribution in [1.82, 2.24) is 0 Å². The molecule has 0 aromatic heterocycles. The summed E-state index contributed by atoms with van der Waals surface area (Å²) in [5.41, 5.74) is 6.01. The molecule has 1 aromatic carbocycles. The van der Waals surface area contributed by atoms with Crippen LogP contribution >= 0.6 is 12.2 Å². The van der Waals surface area contributed by atoms with E-state index >= 15 is 0 Å². The number of nitrogens with zero attached hydrogens (tertiary/aromatic N) is 1. The van der Waals surface area contributed by atoms with Gasteiger partial charge in [-0.05, 0) is 31.0 Å². The number of carbonyl (C=O) groups is 2. The van der Waals surface area contributed by atoms with E-state index in [2.05, 4.69) is 0 Å². The van der Waals surface area contributed by atoms with Gasteiger partial charge in [0, 0.05) is 18.4 Å². The van der Waals surface area contributed by atoms with Gasteiger partial charge in [0.15, 0.2) is 0 Å². The lowest BCUT2D eigenvalue weighted by molar-refractivity contribution is -0.125. The second-order valence-corrected chi connectivity index (χ2v) is 4.80. The largest absolute Gasteiger partial charge is 0.389 e. The Morgan fingerprint density at radius 1 is 1.21 bits per heavy atom. The number of anilines is 1. The second-order valence-electron chi connectivity index (χ2n) is 4.36. The van der Waals surface area contributed by atoms with Crippen molar-refractivity contribution in [3.8, 4) is 0 Å². The molecule has 1 aliphatic rings. The first-order valence-electron chi connectivity index (χ1n) is 5.96. The van der Waals surface area contributed by atoms with Gasteiger partial charge in [0.25, 0.3) is 0 Å². The Morgan fingerprint density at radius 2 is 1.79 bits per heavy atom. The van der Waals surface area contributed by atoms with E-state index in [9.17, 15) is 14.0 Å². The number of nitrogens with two attached hydrogens (primary N) is 1. The molecule has 1 aromatic rings. The summed E-state index contributed by atoms with van der Waals surface area (Å²) in [6.07, 6.45) is 1.93. The summed E-state index contributed by atoms with van der Waals surface area (Å²) >= 11 is 4.85. The highest BCUT2D eigenvalue weighted by molar-refractivity contribution is 7.80. The normalized spacial score (nSPS) is 16.4. The summed E-state index contributed by atoms with van der Waals surface area (Å²) in [5, 5.41) is 0. The molecule has 0 spiro atoms. The molecule has 6 heteroatoms. The fraction of sp³-hybridized carbons (Fsp3) is 0.308. The van der Waals surface area contributed by atoms with Crippen LogP contribution in [-0.4, -0.2) is 16.8 Å². The van der Waals surface area contributed by atoms with Gasteiger partial charge in [-0.3, -0.25) is 9.59 Å². The van der Waals surface area contributed by atoms with Gasteiger partial charge in [-0.25, -0.2) is 9.29 Å². The topological polar surface area (TPSA) is 63.4 Å². The van der Waals surface area contributed by atoms with E-state index < -0.39 is 5.82 Å². The number of amides is 2.